The summed E-state index contributed by atoms with van der Waals surface area (Å²) in [5.41, 5.74) is 3.31. The summed E-state index contributed by atoms with van der Waals surface area (Å²) in [6.07, 6.45) is 4.99. The first kappa shape index (κ1) is 20.8. The third kappa shape index (κ3) is 3.00. The highest BCUT2D eigenvalue weighted by Gasteiger charge is 2.37. The normalized spacial score (nSPS) is 14.4. The van der Waals surface area contributed by atoms with E-state index in [2.05, 4.69) is 34.2 Å². The number of rotatable bonds is 2. The van der Waals surface area contributed by atoms with E-state index in [0.29, 0.717) is 45.2 Å². The molecule has 8 nitrogen and oxygen atoms in total. The molecule has 4 aromatic heterocycles. The van der Waals surface area contributed by atoms with E-state index < -0.39 is 11.5 Å². The molecule has 8 rings (SSSR count). The summed E-state index contributed by atoms with van der Waals surface area (Å²) in [7, 11) is 0. The first-order valence-electron chi connectivity index (χ1n) is 12.1. The molecule has 0 N–H and O–H groups in total. The summed E-state index contributed by atoms with van der Waals surface area (Å²) >= 11 is 0. The average molecular weight is 495 g/mol. The first-order valence-corrected chi connectivity index (χ1v) is 12.1. The Hall–Kier alpha value is -5.37. The molecule has 3 aromatic carbocycles. The Morgan fingerprint density at radius 2 is 1.66 bits per heavy atom. The molecule has 180 valence electrons. The number of hydrogen-bond donors (Lipinski definition) is 0. The maximum absolute atomic E-state index is 13.4. The highest BCUT2D eigenvalue weighted by Crippen LogP contribution is 2.48. The zero-order valence-electron chi connectivity index (χ0n) is 19.8. The van der Waals surface area contributed by atoms with Crippen molar-refractivity contribution in [2.45, 2.75) is 5.92 Å². The predicted octanol–water partition coefficient (Wildman–Crippen LogP) is 5.73. The number of benzene rings is 3. The molecule has 0 bridgehead atoms. The van der Waals surface area contributed by atoms with Crippen molar-refractivity contribution in [1.29, 1.82) is 0 Å². The van der Waals surface area contributed by atoms with Crippen molar-refractivity contribution in [3.05, 3.63) is 125 Å². The van der Waals surface area contributed by atoms with Gasteiger partial charge in [0.2, 0.25) is 5.88 Å². The van der Waals surface area contributed by atoms with E-state index in [1.165, 1.54) is 0 Å². The third-order valence-electron chi connectivity index (χ3n) is 7.01. The van der Waals surface area contributed by atoms with Crippen LogP contribution in [0.15, 0.2) is 107 Å². The van der Waals surface area contributed by atoms with Crippen LogP contribution in [0.25, 0.3) is 38.8 Å². The number of aromatic nitrogens is 5. The van der Waals surface area contributed by atoms with Crippen molar-refractivity contribution in [2.24, 2.45) is 0 Å². The Labute approximate surface area is 214 Å². The van der Waals surface area contributed by atoms with Gasteiger partial charge < -0.3 is 9.15 Å². The van der Waals surface area contributed by atoms with E-state index in [1.54, 1.807) is 29.3 Å². The minimum Gasteiger partial charge on any atom is -0.437 e. The second-order valence-electron chi connectivity index (χ2n) is 9.17. The fourth-order valence-corrected chi connectivity index (χ4v) is 5.27. The molecule has 0 fully saturated rings. The highest BCUT2D eigenvalue weighted by atomic mass is 16.5. The quantitative estimate of drug-likeness (QED) is 0.283. The van der Waals surface area contributed by atoms with Crippen molar-refractivity contribution in [3.63, 3.8) is 0 Å². The van der Waals surface area contributed by atoms with Crippen LogP contribution >= 0.6 is 0 Å². The first-order chi connectivity index (χ1) is 18.7. The van der Waals surface area contributed by atoms with Crippen molar-refractivity contribution < 1.29 is 9.15 Å². The smallest absolute Gasteiger partial charge is 0.344 e. The fraction of sp³-hybridized carbons (Fsp3) is 0.0333. The van der Waals surface area contributed by atoms with Crippen molar-refractivity contribution in [2.75, 3.05) is 0 Å². The summed E-state index contributed by atoms with van der Waals surface area (Å²) in [5.74, 6) is 0.829. The number of hydrogen-bond acceptors (Lipinski definition) is 7. The Bertz CT molecular complexity index is 2100. The molecule has 1 atom stereocenters. The molecular weight excluding hydrogens is 478 g/mol. The maximum atomic E-state index is 13.4. The van der Waals surface area contributed by atoms with Crippen molar-refractivity contribution in [3.8, 4) is 23.0 Å². The summed E-state index contributed by atoms with van der Waals surface area (Å²) in [6.45, 7) is 0. The van der Waals surface area contributed by atoms with Gasteiger partial charge in [0.05, 0.1) is 22.4 Å². The minimum atomic E-state index is -0.539. The summed E-state index contributed by atoms with van der Waals surface area (Å²) < 4.78 is 13.7. The van der Waals surface area contributed by atoms with Gasteiger partial charge in [0.15, 0.2) is 17.2 Å². The molecule has 0 spiro atoms. The molecule has 5 heterocycles. The lowest BCUT2D eigenvalue weighted by atomic mass is 9.84. The molecule has 0 aliphatic carbocycles. The molecule has 0 saturated heterocycles. The van der Waals surface area contributed by atoms with Crippen LogP contribution in [0, 0.1) is 0 Å². The van der Waals surface area contributed by atoms with Gasteiger partial charge in [0.25, 0.3) is 0 Å². The van der Waals surface area contributed by atoms with Gasteiger partial charge in [-0.25, -0.2) is 19.3 Å². The molecule has 1 aliphatic rings. The van der Waals surface area contributed by atoms with Crippen LogP contribution in [0.1, 0.15) is 22.6 Å². The zero-order chi connectivity index (χ0) is 25.2. The lowest BCUT2D eigenvalue weighted by Crippen LogP contribution is -2.22. The molecular formula is C30H17N5O3. The molecule has 0 amide bonds. The Morgan fingerprint density at radius 1 is 0.842 bits per heavy atom. The second kappa shape index (κ2) is 7.81. The largest absolute Gasteiger partial charge is 0.437 e. The van der Waals surface area contributed by atoms with Gasteiger partial charge in [-0.3, -0.25) is 4.98 Å². The van der Waals surface area contributed by atoms with Crippen LogP contribution in [-0.4, -0.2) is 24.6 Å². The van der Waals surface area contributed by atoms with Gasteiger partial charge in [-0.05, 0) is 46.7 Å². The van der Waals surface area contributed by atoms with Crippen LogP contribution in [-0.2, 0) is 0 Å². The number of ether oxygens (including phenoxy) is 1. The van der Waals surface area contributed by atoms with Gasteiger partial charge in [0, 0.05) is 18.0 Å². The van der Waals surface area contributed by atoms with E-state index in [9.17, 15) is 4.79 Å². The monoisotopic (exact) mass is 495 g/mol. The Morgan fingerprint density at radius 3 is 2.55 bits per heavy atom. The molecule has 0 saturated carbocycles. The van der Waals surface area contributed by atoms with Crippen LogP contribution in [0.2, 0.25) is 0 Å². The molecule has 1 aliphatic heterocycles. The van der Waals surface area contributed by atoms with Crippen molar-refractivity contribution in [1.82, 2.24) is 24.6 Å². The fourth-order valence-electron chi connectivity index (χ4n) is 5.27. The zero-order valence-corrected chi connectivity index (χ0v) is 19.8. The van der Waals surface area contributed by atoms with Crippen LogP contribution < -0.4 is 10.4 Å². The molecule has 8 heteroatoms. The minimum absolute atomic E-state index is 0.375. The van der Waals surface area contributed by atoms with E-state index in [-0.39, 0.29) is 0 Å². The van der Waals surface area contributed by atoms with Gasteiger partial charge in [-0.1, -0.05) is 48.5 Å². The van der Waals surface area contributed by atoms with E-state index >= 15 is 0 Å². The van der Waals surface area contributed by atoms with Gasteiger partial charge in [0.1, 0.15) is 11.9 Å². The summed E-state index contributed by atoms with van der Waals surface area (Å²) in [6, 6.07) is 25.4. The Balaban J connectivity index is 1.40. The predicted molar refractivity (Wildman–Crippen MR) is 141 cm³/mol. The number of pyridine rings is 1. The average Bonchev–Trinajstić information content (AvgIpc) is 3.41. The molecule has 1 unspecified atom stereocenters. The number of nitrogens with zero attached hydrogens (tertiary/aromatic N) is 5. The maximum Gasteiger partial charge on any atom is 0.344 e. The topological polar surface area (TPSA) is 95.4 Å². The van der Waals surface area contributed by atoms with Gasteiger partial charge >= 0.3 is 5.63 Å². The van der Waals surface area contributed by atoms with Gasteiger partial charge in [-0.15, -0.1) is 5.10 Å². The Kier molecular flexibility index (Phi) is 4.27. The standard InChI is InChI=1S/C30H17N5O3/c36-30-24-23(18-11-13-31-14-12-18)25-28-33-27(20-10-9-17-5-1-2-6-19(17)15-20)34-35(28)16-32-29(25)38-26(24)21-7-3-4-8-22(21)37-30/h1-16,23H. The SMILES string of the molecule is O=c1oc2ccccc2c2c1C(c1ccncc1)c1c(ncn3nc(-c4ccc5ccccc5c4)nc13)O2. The third-order valence-corrected chi connectivity index (χ3v) is 7.01. The van der Waals surface area contributed by atoms with Crippen LogP contribution in [0.5, 0.6) is 11.6 Å². The van der Waals surface area contributed by atoms with E-state index in [1.807, 2.05) is 48.5 Å². The van der Waals surface area contributed by atoms with Crippen LogP contribution in [0.4, 0.5) is 0 Å². The van der Waals surface area contributed by atoms with Crippen LogP contribution in [0.3, 0.4) is 0 Å². The van der Waals surface area contributed by atoms with E-state index in [4.69, 9.17) is 19.2 Å². The van der Waals surface area contributed by atoms with E-state index in [0.717, 1.165) is 21.9 Å². The summed E-state index contributed by atoms with van der Waals surface area (Å²) in [5, 5.41) is 7.67. The molecule has 0 radical (unpaired) electrons. The van der Waals surface area contributed by atoms with Crippen molar-refractivity contribution >= 4 is 27.4 Å². The second-order valence-corrected chi connectivity index (χ2v) is 9.17. The number of para-hydroxylation sites is 1. The summed E-state index contributed by atoms with van der Waals surface area (Å²) in [4.78, 5) is 27.1. The lowest BCUT2D eigenvalue weighted by molar-refractivity contribution is 0.422. The number of fused-ring (bicyclic) bond motifs is 7. The highest BCUT2D eigenvalue weighted by molar-refractivity contribution is 5.88. The molecule has 7 aromatic rings. The lowest BCUT2D eigenvalue weighted by Gasteiger charge is -2.27. The van der Waals surface area contributed by atoms with Gasteiger partial charge in [-0.2, -0.15) is 0 Å². The molecule has 38 heavy (non-hydrogen) atoms.